The lowest BCUT2D eigenvalue weighted by Gasteiger charge is -2.16. The van der Waals surface area contributed by atoms with E-state index in [1.165, 1.54) is 37.7 Å². The van der Waals surface area contributed by atoms with Gasteiger partial charge in [0.05, 0.1) is 22.1 Å². The van der Waals surface area contributed by atoms with Crippen molar-refractivity contribution >= 4 is 76.1 Å². The van der Waals surface area contributed by atoms with Crippen molar-refractivity contribution in [3.63, 3.8) is 0 Å². The van der Waals surface area contributed by atoms with E-state index < -0.39 is 0 Å². The van der Waals surface area contributed by atoms with E-state index in [4.69, 9.17) is 19.4 Å². The number of furan rings is 1. The van der Waals surface area contributed by atoms with Gasteiger partial charge in [0.1, 0.15) is 11.2 Å². The van der Waals surface area contributed by atoms with E-state index in [0.29, 0.717) is 17.5 Å². The minimum absolute atomic E-state index is 0.572. The van der Waals surface area contributed by atoms with Gasteiger partial charge < -0.3 is 8.98 Å². The van der Waals surface area contributed by atoms with Crippen LogP contribution in [0.2, 0.25) is 0 Å². The van der Waals surface area contributed by atoms with Crippen LogP contribution in [-0.4, -0.2) is 19.5 Å². The molecule has 0 unspecified atom stereocenters. The van der Waals surface area contributed by atoms with Crippen LogP contribution in [0.4, 0.5) is 0 Å². The zero-order chi connectivity index (χ0) is 40.7. The molecule has 0 aliphatic heterocycles. The van der Waals surface area contributed by atoms with Gasteiger partial charge in [-0.15, -0.1) is 0 Å². The minimum Gasteiger partial charge on any atom is -0.456 e. The highest BCUT2D eigenvalue weighted by molar-refractivity contribution is 6.18. The molecule has 0 saturated carbocycles. The van der Waals surface area contributed by atoms with Crippen molar-refractivity contribution in [3.05, 3.63) is 206 Å². The Kier molecular flexibility index (Phi) is 7.54. The van der Waals surface area contributed by atoms with Crippen LogP contribution in [0.25, 0.3) is 127 Å². The number of fused-ring (bicyclic) bond motifs is 10. The molecule has 0 bridgehead atoms. The molecule has 0 aliphatic rings. The van der Waals surface area contributed by atoms with Crippen molar-refractivity contribution in [1.82, 2.24) is 19.5 Å². The highest BCUT2D eigenvalue weighted by Gasteiger charge is 2.25. The second-order valence-electron chi connectivity index (χ2n) is 16.0. The Hall–Kier alpha value is -8.41. The average Bonchev–Trinajstić information content (AvgIpc) is 3.88. The SMILES string of the molecule is c1ccc(-c2cccc(-c3nc(-c4ccc5c(ccc6ccccc65)c4)nc(-c4ccc5oc6ccccc6c5c4-n4c5ccccc5c5cc6ccccc6cc54)n3)c2)cc1. The molecule has 0 fully saturated rings. The number of benzene rings is 10. The van der Waals surface area contributed by atoms with E-state index >= 15 is 0 Å². The highest BCUT2D eigenvalue weighted by atomic mass is 16.3. The fraction of sp³-hybridized carbons (Fsp3) is 0. The molecule has 0 spiro atoms. The fourth-order valence-corrected chi connectivity index (χ4v) is 9.48. The fourth-order valence-electron chi connectivity index (χ4n) is 9.48. The molecule has 5 nitrogen and oxygen atoms in total. The van der Waals surface area contributed by atoms with E-state index in [0.717, 1.165) is 71.9 Å². The molecule has 0 N–H and O–H groups in total. The molecule has 5 heteroatoms. The third-order valence-corrected chi connectivity index (χ3v) is 12.4. The van der Waals surface area contributed by atoms with E-state index in [1.54, 1.807) is 0 Å². The van der Waals surface area contributed by atoms with Crippen molar-refractivity contribution in [2.75, 3.05) is 0 Å². The van der Waals surface area contributed by atoms with Crippen molar-refractivity contribution in [3.8, 4) is 51.0 Å². The molecule has 0 amide bonds. The van der Waals surface area contributed by atoms with Gasteiger partial charge in [0, 0.05) is 32.8 Å². The lowest BCUT2D eigenvalue weighted by molar-refractivity contribution is 0.669. The summed E-state index contributed by atoms with van der Waals surface area (Å²) < 4.78 is 9.02. The van der Waals surface area contributed by atoms with Crippen molar-refractivity contribution in [1.29, 1.82) is 0 Å². The van der Waals surface area contributed by atoms with Crippen LogP contribution >= 0.6 is 0 Å². The minimum atomic E-state index is 0.572. The van der Waals surface area contributed by atoms with Gasteiger partial charge in [0.15, 0.2) is 17.5 Å². The Bertz CT molecular complexity index is 3940. The van der Waals surface area contributed by atoms with E-state index in [9.17, 15) is 0 Å². The van der Waals surface area contributed by atoms with Crippen LogP contribution in [0.1, 0.15) is 0 Å². The van der Waals surface area contributed by atoms with Gasteiger partial charge in [0.25, 0.3) is 0 Å². The number of rotatable bonds is 5. The van der Waals surface area contributed by atoms with Gasteiger partial charge in [-0.1, -0.05) is 158 Å². The molecule has 288 valence electrons. The summed E-state index contributed by atoms with van der Waals surface area (Å²) in [6.07, 6.45) is 0. The summed E-state index contributed by atoms with van der Waals surface area (Å²) in [6.45, 7) is 0. The number of para-hydroxylation sites is 2. The van der Waals surface area contributed by atoms with Crippen LogP contribution in [0.3, 0.4) is 0 Å². The lowest BCUT2D eigenvalue weighted by Crippen LogP contribution is -2.04. The average molecular weight is 791 g/mol. The Morgan fingerprint density at radius 3 is 1.81 bits per heavy atom. The van der Waals surface area contributed by atoms with Crippen LogP contribution < -0.4 is 0 Å². The first-order chi connectivity index (χ1) is 30.7. The largest absolute Gasteiger partial charge is 0.456 e. The number of hydrogen-bond acceptors (Lipinski definition) is 4. The second-order valence-corrected chi connectivity index (χ2v) is 16.0. The van der Waals surface area contributed by atoms with Gasteiger partial charge in [-0.25, -0.2) is 15.0 Å². The van der Waals surface area contributed by atoms with E-state index in [1.807, 2.05) is 18.2 Å². The quantitative estimate of drug-likeness (QED) is 0.163. The predicted molar refractivity (Wildman–Crippen MR) is 256 cm³/mol. The van der Waals surface area contributed by atoms with Crippen molar-refractivity contribution < 1.29 is 4.42 Å². The van der Waals surface area contributed by atoms with Gasteiger partial charge in [-0.05, 0) is 92.0 Å². The Morgan fingerprint density at radius 1 is 0.323 bits per heavy atom. The summed E-state index contributed by atoms with van der Waals surface area (Å²) in [7, 11) is 0. The number of aromatic nitrogens is 4. The molecule has 0 saturated heterocycles. The molecule has 62 heavy (non-hydrogen) atoms. The smallest absolute Gasteiger partial charge is 0.166 e. The molecule has 13 rings (SSSR count). The maximum absolute atomic E-state index is 6.62. The molecule has 3 aromatic heterocycles. The normalized spacial score (nSPS) is 11.9. The molecule has 10 aromatic carbocycles. The summed E-state index contributed by atoms with van der Waals surface area (Å²) in [5, 5.41) is 11.5. The van der Waals surface area contributed by atoms with Crippen molar-refractivity contribution in [2.45, 2.75) is 0 Å². The Balaban J connectivity index is 1.13. The molecule has 0 aliphatic carbocycles. The first kappa shape index (κ1) is 34.5. The third kappa shape index (κ3) is 5.38. The molecule has 0 atom stereocenters. The summed E-state index contributed by atoms with van der Waals surface area (Å²) in [5.41, 5.74) is 9.67. The van der Waals surface area contributed by atoms with Crippen LogP contribution in [0.15, 0.2) is 211 Å². The second kappa shape index (κ2) is 13.6. The van der Waals surface area contributed by atoms with Gasteiger partial charge >= 0.3 is 0 Å². The zero-order valence-electron chi connectivity index (χ0n) is 33.3. The maximum atomic E-state index is 6.62. The first-order valence-corrected chi connectivity index (χ1v) is 20.9. The standard InChI is InChI=1S/C57H34N4O/c1-2-13-35(14-3-1)37-18-12-19-41(31-37)55-58-56(42-27-28-44-40(32-42)26-25-36-15-6-7-20-43(36)44)60-57(59-55)47-29-30-52-53(46-22-9-11-24-51(46)62-52)54(47)61-49-23-10-8-21-45(49)48-33-38-16-4-5-17-39(38)34-50(48)61/h1-34H. The lowest BCUT2D eigenvalue weighted by atomic mass is 10.00. The molecular formula is C57H34N4O. The summed E-state index contributed by atoms with van der Waals surface area (Å²) in [6, 6.07) is 72.8. The predicted octanol–water partition coefficient (Wildman–Crippen LogP) is 15.0. The number of hydrogen-bond donors (Lipinski definition) is 0. The molecule has 0 radical (unpaired) electrons. The topological polar surface area (TPSA) is 56.7 Å². The van der Waals surface area contributed by atoms with Crippen LogP contribution in [0, 0.1) is 0 Å². The molecular weight excluding hydrogens is 757 g/mol. The number of nitrogens with zero attached hydrogens (tertiary/aromatic N) is 4. The third-order valence-electron chi connectivity index (χ3n) is 12.4. The molecule has 3 heterocycles. The summed E-state index contributed by atoms with van der Waals surface area (Å²) in [4.78, 5) is 16.1. The van der Waals surface area contributed by atoms with E-state index in [2.05, 4.69) is 193 Å². The van der Waals surface area contributed by atoms with Gasteiger partial charge in [-0.2, -0.15) is 0 Å². The Labute approximate surface area is 355 Å². The summed E-state index contributed by atoms with van der Waals surface area (Å²) in [5.74, 6) is 1.77. The van der Waals surface area contributed by atoms with E-state index in [-0.39, 0.29) is 0 Å². The van der Waals surface area contributed by atoms with Gasteiger partial charge in [0.2, 0.25) is 0 Å². The van der Waals surface area contributed by atoms with Crippen LogP contribution in [0.5, 0.6) is 0 Å². The van der Waals surface area contributed by atoms with Crippen molar-refractivity contribution in [2.24, 2.45) is 0 Å². The van der Waals surface area contributed by atoms with Crippen LogP contribution in [-0.2, 0) is 0 Å². The maximum Gasteiger partial charge on any atom is 0.166 e. The molecule has 13 aromatic rings. The summed E-state index contributed by atoms with van der Waals surface area (Å²) >= 11 is 0. The zero-order valence-corrected chi connectivity index (χ0v) is 33.3. The first-order valence-electron chi connectivity index (χ1n) is 20.9. The van der Waals surface area contributed by atoms with Gasteiger partial charge in [-0.3, -0.25) is 0 Å². The Morgan fingerprint density at radius 2 is 0.952 bits per heavy atom. The highest BCUT2D eigenvalue weighted by Crippen LogP contribution is 2.44. The monoisotopic (exact) mass is 790 g/mol.